The summed E-state index contributed by atoms with van der Waals surface area (Å²) in [5, 5.41) is 4.23. The molecule has 0 radical (unpaired) electrons. The summed E-state index contributed by atoms with van der Waals surface area (Å²) in [5.74, 6) is -0.384. The van der Waals surface area contributed by atoms with E-state index >= 15 is 0 Å². The zero-order valence-corrected chi connectivity index (χ0v) is 24.9. The van der Waals surface area contributed by atoms with Crippen LogP contribution in [0.4, 0.5) is 5.69 Å². The molecule has 0 aliphatic rings. The van der Waals surface area contributed by atoms with Crippen molar-refractivity contribution in [2.75, 3.05) is 23.7 Å². The highest BCUT2D eigenvalue weighted by molar-refractivity contribution is 7.92. The van der Waals surface area contributed by atoms with Crippen molar-refractivity contribution < 1.29 is 18.0 Å². The Hall–Kier alpha value is -1.71. The summed E-state index contributed by atoms with van der Waals surface area (Å²) in [6.45, 7) is 6.14. The van der Waals surface area contributed by atoms with Crippen LogP contribution in [0.15, 0.2) is 36.4 Å². The molecule has 0 spiro atoms. The lowest BCUT2D eigenvalue weighted by Gasteiger charge is -2.30. The van der Waals surface area contributed by atoms with Crippen LogP contribution < -0.4 is 9.62 Å². The van der Waals surface area contributed by atoms with E-state index in [1.807, 2.05) is 13.8 Å². The van der Waals surface area contributed by atoms with Crippen LogP contribution in [-0.2, 0) is 26.2 Å². The van der Waals surface area contributed by atoms with Gasteiger partial charge < -0.3 is 10.2 Å². The zero-order chi connectivity index (χ0) is 27.9. The van der Waals surface area contributed by atoms with Gasteiger partial charge in [-0.1, -0.05) is 66.3 Å². The molecule has 0 heterocycles. The Bertz CT molecular complexity index is 1220. The maximum absolute atomic E-state index is 13.4. The maximum Gasteiger partial charge on any atom is 0.242 e. The van der Waals surface area contributed by atoms with Crippen molar-refractivity contribution in [1.29, 1.82) is 0 Å². The molecule has 0 bridgehead atoms. The van der Waals surface area contributed by atoms with E-state index in [4.69, 9.17) is 46.4 Å². The van der Waals surface area contributed by atoms with Crippen molar-refractivity contribution in [2.45, 2.75) is 46.2 Å². The van der Waals surface area contributed by atoms with Crippen LogP contribution in [0, 0.1) is 5.92 Å². The molecule has 2 rings (SSSR count). The van der Waals surface area contributed by atoms with E-state index in [1.54, 1.807) is 31.2 Å². The Morgan fingerprint density at radius 3 is 2.16 bits per heavy atom. The van der Waals surface area contributed by atoms with Gasteiger partial charge >= 0.3 is 0 Å². The molecule has 2 amide bonds. The first-order valence-corrected chi connectivity index (χ1v) is 15.0. The fourth-order valence-electron chi connectivity index (χ4n) is 3.53. The molecule has 1 unspecified atom stereocenters. The summed E-state index contributed by atoms with van der Waals surface area (Å²) < 4.78 is 26.1. The topological polar surface area (TPSA) is 86.8 Å². The number of hydrogen-bond donors (Lipinski definition) is 1. The predicted octanol–water partition coefficient (Wildman–Crippen LogP) is 6.04. The van der Waals surface area contributed by atoms with E-state index < -0.39 is 16.1 Å². The van der Waals surface area contributed by atoms with Crippen LogP contribution in [0.2, 0.25) is 20.1 Å². The molecule has 37 heavy (non-hydrogen) atoms. The minimum Gasteiger partial charge on any atom is -0.354 e. The van der Waals surface area contributed by atoms with Crippen molar-refractivity contribution in [3.63, 3.8) is 0 Å². The van der Waals surface area contributed by atoms with Crippen molar-refractivity contribution in [3.05, 3.63) is 62.1 Å². The summed E-state index contributed by atoms with van der Waals surface area (Å²) in [5.41, 5.74) is 0.863. The Labute approximate surface area is 239 Å². The summed E-state index contributed by atoms with van der Waals surface area (Å²) in [4.78, 5) is 27.6. The predicted molar refractivity (Wildman–Crippen MR) is 152 cm³/mol. The lowest BCUT2D eigenvalue weighted by atomic mass is 10.1. The van der Waals surface area contributed by atoms with Crippen LogP contribution in [0.5, 0.6) is 0 Å². The third-order valence-electron chi connectivity index (χ3n) is 5.54. The molecule has 2 aromatic carbocycles. The van der Waals surface area contributed by atoms with E-state index in [0.717, 1.165) is 10.6 Å². The standard InChI is InChI=1S/C25H31Cl4N3O4S/c1-16(2)14-30-25(34)17(3)31(15-18-7-8-19(26)12-22(18)29)24(33)6-5-11-32(37(4,35)36)23-13-20(27)9-10-21(23)28/h7-10,12-13,16-17H,5-6,11,14-15H2,1-4H3,(H,30,34). The number of sulfonamides is 1. The molecule has 0 aliphatic heterocycles. The van der Waals surface area contributed by atoms with Gasteiger partial charge in [0.05, 0.1) is 17.0 Å². The van der Waals surface area contributed by atoms with Crippen LogP contribution in [0.1, 0.15) is 39.2 Å². The van der Waals surface area contributed by atoms with Gasteiger partial charge in [0.1, 0.15) is 6.04 Å². The Balaban J connectivity index is 2.23. The second kappa shape index (κ2) is 13.9. The van der Waals surface area contributed by atoms with Crippen LogP contribution in [0.25, 0.3) is 0 Å². The molecule has 204 valence electrons. The fraction of sp³-hybridized carbons (Fsp3) is 0.440. The van der Waals surface area contributed by atoms with Crippen LogP contribution in [0.3, 0.4) is 0 Å². The smallest absolute Gasteiger partial charge is 0.242 e. The molecular formula is C25H31Cl4N3O4S. The van der Waals surface area contributed by atoms with Gasteiger partial charge in [-0.2, -0.15) is 0 Å². The first-order chi connectivity index (χ1) is 17.2. The minimum atomic E-state index is -3.71. The van der Waals surface area contributed by atoms with Gasteiger partial charge in [0.15, 0.2) is 0 Å². The fourth-order valence-corrected chi connectivity index (χ4v) is 5.40. The van der Waals surface area contributed by atoms with Crippen LogP contribution in [-0.4, -0.2) is 50.5 Å². The van der Waals surface area contributed by atoms with Gasteiger partial charge in [-0.05, 0) is 55.2 Å². The summed E-state index contributed by atoms with van der Waals surface area (Å²) in [6, 6.07) is 8.68. The van der Waals surface area contributed by atoms with Crippen LogP contribution >= 0.6 is 46.4 Å². The Morgan fingerprint density at radius 1 is 0.946 bits per heavy atom. The van der Waals surface area contributed by atoms with E-state index in [1.165, 1.54) is 17.0 Å². The number of hydrogen-bond acceptors (Lipinski definition) is 4. The molecule has 0 aliphatic carbocycles. The number of nitrogens with zero attached hydrogens (tertiary/aromatic N) is 2. The molecule has 0 fully saturated rings. The highest BCUT2D eigenvalue weighted by atomic mass is 35.5. The van der Waals surface area contributed by atoms with Gasteiger partial charge in [0.2, 0.25) is 21.8 Å². The lowest BCUT2D eigenvalue weighted by molar-refractivity contribution is -0.140. The van der Waals surface area contributed by atoms with Crippen molar-refractivity contribution in [2.24, 2.45) is 5.92 Å². The normalized spacial score (nSPS) is 12.4. The van der Waals surface area contributed by atoms with Gasteiger partial charge in [0.25, 0.3) is 0 Å². The monoisotopic (exact) mass is 609 g/mol. The average molecular weight is 611 g/mol. The maximum atomic E-state index is 13.4. The average Bonchev–Trinajstić information content (AvgIpc) is 2.80. The number of carbonyl (C=O) groups excluding carboxylic acids is 2. The number of halogens is 4. The van der Waals surface area contributed by atoms with E-state index in [0.29, 0.717) is 27.2 Å². The molecule has 0 saturated carbocycles. The van der Waals surface area contributed by atoms with Crippen molar-refractivity contribution >= 4 is 73.9 Å². The number of anilines is 1. The summed E-state index contributed by atoms with van der Waals surface area (Å²) >= 11 is 24.6. The van der Waals surface area contributed by atoms with Crippen molar-refractivity contribution in [1.82, 2.24) is 10.2 Å². The molecule has 2 aromatic rings. The minimum absolute atomic E-state index is 0.00585. The highest BCUT2D eigenvalue weighted by Gasteiger charge is 2.27. The quantitative estimate of drug-likeness (QED) is 0.318. The molecule has 7 nitrogen and oxygen atoms in total. The third kappa shape index (κ3) is 9.52. The number of rotatable bonds is 12. The molecule has 1 atom stereocenters. The highest BCUT2D eigenvalue weighted by Crippen LogP contribution is 2.31. The van der Waals surface area contributed by atoms with Crippen molar-refractivity contribution in [3.8, 4) is 0 Å². The largest absolute Gasteiger partial charge is 0.354 e. The third-order valence-corrected chi connectivity index (χ3v) is 7.86. The first kappa shape index (κ1) is 31.5. The van der Waals surface area contributed by atoms with Gasteiger partial charge in [-0.15, -0.1) is 0 Å². The number of benzene rings is 2. The van der Waals surface area contributed by atoms with Gasteiger partial charge in [-0.25, -0.2) is 8.42 Å². The van der Waals surface area contributed by atoms with E-state index in [9.17, 15) is 18.0 Å². The summed E-state index contributed by atoms with van der Waals surface area (Å²) in [6.07, 6.45) is 1.22. The second-order valence-electron chi connectivity index (χ2n) is 9.11. The molecule has 1 N–H and O–H groups in total. The molecule has 0 saturated heterocycles. The van der Waals surface area contributed by atoms with Gasteiger partial charge in [0, 0.05) is 41.1 Å². The summed E-state index contributed by atoms with van der Waals surface area (Å²) in [7, 11) is -3.71. The molecule has 12 heteroatoms. The van der Waals surface area contributed by atoms with E-state index in [2.05, 4.69) is 5.32 Å². The Kier molecular flexibility index (Phi) is 11.8. The number of nitrogens with one attached hydrogen (secondary N) is 1. The second-order valence-corrected chi connectivity index (χ2v) is 12.7. The molecule has 0 aromatic heterocycles. The SMILES string of the molecule is CC(C)CNC(=O)C(C)N(Cc1ccc(Cl)cc1Cl)C(=O)CCCN(c1cc(Cl)ccc1Cl)S(C)(=O)=O. The number of carbonyl (C=O) groups is 2. The first-order valence-electron chi connectivity index (χ1n) is 11.6. The van der Waals surface area contributed by atoms with E-state index in [-0.39, 0.29) is 54.4 Å². The zero-order valence-electron chi connectivity index (χ0n) is 21.1. The molecular weight excluding hydrogens is 580 g/mol. The van der Waals surface area contributed by atoms with Gasteiger partial charge in [-0.3, -0.25) is 13.9 Å². The lowest BCUT2D eigenvalue weighted by Crippen LogP contribution is -2.48. The Morgan fingerprint density at radius 2 is 1.57 bits per heavy atom. The number of amides is 2.